The Labute approximate surface area is 110 Å². The summed E-state index contributed by atoms with van der Waals surface area (Å²) >= 11 is 0. The molecule has 0 fully saturated rings. The van der Waals surface area contributed by atoms with Gasteiger partial charge in [0.2, 0.25) is 0 Å². The van der Waals surface area contributed by atoms with Gasteiger partial charge in [-0.25, -0.2) is 4.98 Å². The molecule has 0 aromatic carbocycles. The van der Waals surface area contributed by atoms with Crippen LogP contribution < -0.4 is 5.73 Å². The third-order valence-corrected chi connectivity index (χ3v) is 2.76. The Bertz CT molecular complexity index is 559. The van der Waals surface area contributed by atoms with Crippen LogP contribution in [0.25, 0.3) is 0 Å². The molecule has 0 radical (unpaired) electrons. The van der Waals surface area contributed by atoms with Crippen molar-refractivity contribution in [2.45, 2.75) is 13.1 Å². The molecular weight excluding hydrogens is 246 g/mol. The number of carbonyl (C=O) groups is 1. The van der Waals surface area contributed by atoms with Crippen LogP contribution in [0.1, 0.15) is 16.3 Å². The van der Waals surface area contributed by atoms with Crippen molar-refractivity contribution in [1.29, 1.82) is 0 Å². The second-order valence-electron chi connectivity index (χ2n) is 4.27. The third-order valence-electron chi connectivity index (χ3n) is 2.76. The van der Waals surface area contributed by atoms with Crippen LogP contribution in [0.2, 0.25) is 0 Å². The molecule has 8 nitrogen and oxygen atoms in total. The minimum Gasteiger partial charge on any atom is -0.337 e. The first kappa shape index (κ1) is 13.2. The number of hydrogen-bond acceptors (Lipinski definition) is 5. The van der Waals surface area contributed by atoms with Crippen molar-refractivity contribution in [3.63, 3.8) is 0 Å². The monoisotopic (exact) mass is 263 g/mol. The van der Waals surface area contributed by atoms with Crippen molar-refractivity contribution in [1.82, 2.24) is 29.4 Å². The fourth-order valence-electron chi connectivity index (χ4n) is 1.67. The molecule has 2 aromatic rings. The Morgan fingerprint density at radius 3 is 2.95 bits per heavy atom. The van der Waals surface area contributed by atoms with Crippen LogP contribution in [0.4, 0.5) is 0 Å². The number of aryl methyl sites for hydroxylation is 1. The number of amides is 1. The lowest BCUT2D eigenvalue weighted by Gasteiger charge is -2.15. The number of imidazole rings is 1. The molecular formula is C11H17N7O. The van der Waals surface area contributed by atoms with E-state index in [1.54, 1.807) is 29.0 Å². The van der Waals surface area contributed by atoms with Gasteiger partial charge in [-0.15, -0.1) is 5.10 Å². The van der Waals surface area contributed by atoms with Gasteiger partial charge in [-0.3, -0.25) is 9.48 Å². The molecule has 0 unspecified atom stereocenters. The van der Waals surface area contributed by atoms with Gasteiger partial charge in [0.15, 0.2) is 5.69 Å². The molecule has 0 atom stereocenters. The number of carbonyl (C=O) groups excluding carboxylic acids is 1. The average molecular weight is 263 g/mol. The largest absolute Gasteiger partial charge is 0.337 e. The zero-order valence-corrected chi connectivity index (χ0v) is 11.0. The van der Waals surface area contributed by atoms with Gasteiger partial charge in [0.05, 0.1) is 19.3 Å². The summed E-state index contributed by atoms with van der Waals surface area (Å²) in [4.78, 5) is 17.9. The number of aromatic nitrogens is 5. The van der Waals surface area contributed by atoms with Crippen molar-refractivity contribution < 1.29 is 4.79 Å². The highest BCUT2D eigenvalue weighted by Crippen LogP contribution is 2.04. The van der Waals surface area contributed by atoms with E-state index in [4.69, 9.17) is 5.73 Å². The molecule has 19 heavy (non-hydrogen) atoms. The first-order chi connectivity index (χ1) is 9.11. The molecule has 0 aliphatic carbocycles. The van der Waals surface area contributed by atoms with E-state index in [9.17, 15) is 4.79 Å². The van der Waals surface area contributed by atoms with Crippen LogP contribution in [0, 0.1) is 0 Å². The Morgan fingerprint density at radius 1 is 1.53 bits per heavy atom. The average Bonchev–Trinajstić information content (AvgIpc) is 2.99. The van der Waals surface area contributed by atoms with E-state index >= 15 is 0 Å². The van der Waals surface area contributed by atoms with Crippen LogP contribution in [0.5, 0.6) is 0 Å². The summed E-state index contributed by atoms with van der Waals surface area (Å²) in [6, 6.07) is 0. The molecule has 102 valence electrons. The van der Waals surface area contributed by atoms with E-state index in [1.807, 2.05) is 17.8 Å². The lowest BCUT2D eigenvalue weighted by molar-refractivity contribution is 0.0774. The van der Waals surface area contributed by atoms with Crippen LogP contribution in [-0.4, -0.2) is 48.9 Å². The van der Waals surface area contributed by atoms with E-state index in [0.717, 1.165) is 5.82 Å². The maximum Gasteiger partial charge on any atom is 0.276 e. The maximum absolute atomic E-state index is 12.1. The van der Waals surface area contributed by atoms with Gasteiger partial charge in [-0.2, -0.15) is 0 Å². The molecule has 0 spiro atoms. The first-order valence-electron chi connectivity index (χ1n) is 5.93. The van der Waals surface area contributed by atoms with E-state index in [2.05, 4.69) is 15.3 Å². The molecule has 1 amide bonds. The van der Waals surface area contributed by atoms with Crippen molar-refractivity contribution in [3.05, 3.63) is 30.1 Å². The molecule has 0 bridgehead atoms. The minimum atomic E-state index is -0.189. The molecule has 2 heterocycles. The maximum atomic E-state index is 12.1. The molecule has 2 N–H and O–H groups in total. The second-order valence-corrected chi connectivity index (χ2v) is 4.27. The number of hydrogen-bond donors (Lipinski definition) is 1. The minimum absolute atomic E-state index is 0.189. The van der Waals surface area contributed by atoms with Crippen LogP contribution in [0.15, 0.2) is 18.6 Å². The molecule has 0 aliphatic heterocycles. The van der Waals surface area contributed by atoms with E-state index in [0.29, 0.717) is 25.3 Å². The van der Waals surface area contributed by atoms with Gasteiger partial charge in [-0.1, -0.05) is 5.21 Å². The summed E-state index contributed by atoms with van der Waals surface area (Å²) in [5.41, 5.74) is 5.73. The molecule has 2 aromatic heterocycles. The predicted molar refractivity (Wildman–Crippen MR) is 68.1 cm³/mol. The van der Waals surface area contributed by atoms with Gasteiger partial charge in [0.1, 0.15) is 5.82 Å². The Balaban J connectivity index is 2.04. The molecule has 0 saturated heterocycles. The highest BCUT2D eigenvalue weighted by Gasteiger charge is 2.17. The quantitative estimate of drug-likeness (QED) is 0.765. The Hall–Kier alpha value is -2.22. The molecule has 0 aliphatic rings. The second kappa shape index (κ2) is 5.61. The molecule has 0 saturated carbocycles. The van der Waals surface area contributed by atoms with Crippen LogP contribution in [-0.2, 0) is 20.1 Å². The molecule has 2 rings (SSSR count). The summed E-state index contributed by atoms with van der Waals surface area (Å²) in [7, 11) is 3.59. The van der Waals surface area contributed by atoms with E-state index in [-0.39, 0.29) is 5.91 Å². The normalized spacial score (nSPS) is 10.7. The zero-order chi connectivity index (χ0) is 13.8. The SMILES string of the molecule is CN(Cc1nccn1C)C(=O)c1cn(CCN)nn1. The number of nitrogens with two attached hydrogens (primary N) is 1. The third kappa shape index (κ3) is 2.97. The zero-order valence-electron chi connectivity index (χ0n) is 11.0. The van der Waals surface area contributed by atoms with Gasteiger partial charge >= 0.3 is 0 Å². The van der Waals surface area contributed by atoms with Gasteiger partial charge < -0.3 is 15.2 Å². The van der Waals surface area contributed by atoms with Crippen molar-refractivity contribution in [3.8, 4) is 0 Å². The Morgan fingerprint density at radius 2 is 2.32 bits per heavy atom. The van der Waals surface area contributed by atoms with Crippen LogP contribution in [0.3, 0.4) is 0 Å². The smallest absolute Gasteiger partial charge is 0.276 e. The summed E-state index contributed by atoms with van der Waals surface area (Å²) in [5.74, 6) is 0.622. The lowest BCUT2D eigenvalue weighted by Crippen LogP contribution is -2.27. The highest BCUT2D eigenvalue weighted by atomic mass is 16.2. The summed E-state index contributed by atoms with van der Waals surface area (Å²) in [5, 5.41) is 7.69. The molecule has 8 heteroatoms. The highest BCUT2D eigenvalue weighted by molar-refractivity contribution is 5.91. The van der Waals surface area contributed by atoms with Crippen molar-refractivity contribution >= 4 is 5.91 Å². The lowest BCUT2D eigenvalue weighted by atomic mass is 10.4. The number of nitrogens with zero attached hydrogens (tertiary/aromatic N) is 6. The van der Waals surface area contributed by atoms with E-state index < -0.39 is 0 Å². The topological polar surface area (TPSA) is 94.9 Å². The first-order valence-corrected chi connectivity index (χ1v) is 5.93. The van der Waals surface area contributed by atoms with Crippen LogP contribution >= 0.6 is 0 Å². The predicted octanol–water partition coefficient (Wildman–Crippen LogP) is -0.757. The summed E-state index contributed by atoms with van der Waals surface area (Å²) < 4.78 is 3.43. The van der Waals surface area contributed by atoms with E-state index in [1.165, 1.54) is 0 Å². The van der Waals surface area contributed by atoms with Crippen molar-refractivity contribution in [2.24, 2.45) is 12.8 Å². The summed E-state index contributed by atoms with van der Waals surface area (Å²) in [6.07, 6.45) is 5.14. The standard InChI is InChI=1S/C11H17N7O/c1-16-6-4-13-10(16)8-17(2)11(19)9-7-18(5-3-12)15-14-9/h4,6-7H,3,5,8,12H2,1-2H3. The van der Waals surface area contributed by atoms with Gasteiger partial charge in [0, 0.05) is 33.0 Å². The van der Waals surface area contributed by atoms with Gasteiger partial charge in [0.25, 0.3) is 5.91 Å². The van der Waals surface area contributed by atoms with Crippen molar-refractivity contribution in [2.75, 3.05) is 13.6 Å². The summed E-state index contributed by atoms with van der Waals surface area (Å²) in [6.45, 7) is 1.43. The fourth-order valence-corrected chi connectivity index (χ4v) is 1.67. The fraction of sp³-hybridized carbons (Fsp3) is 0.455. The van der Waals surface area contributed by atoms with Gasteiger partial charge in [-0.05, 0) is 0 Å². The number of rotatable bonds is 5. The Kier molecular flexibility index (Phi) is 3.91.